The van der Waals surface area contributed by atoms with Gasteiger partial charge in [-0.3, -0.25) is 9.63 Å². The van der Waals surface area contributed by atoms with Gasteiger partial charge in [0.2, 0.25) is 0 Å². The molecule has 0 radical (unpaired) electrons. The molecule has 0 atom stereocenters. The summed E-state index contributed by atoms with van der Waals surface area (Å²) in [7, 11) is 1.56. The van der Waals surface area contributed by atoms with E-state index in [0.717, 1.165) is 21.3 Å². The summed E-state index contributed by atoms with van der Waals surface area (Å²) in [5.41, 5.74) is 3.82. The third-order valence-electron chi connectivity index (χ3n) is 3.69. The number of hydroxylamine groups is 1. The minimum Gasteiger partial charge on any atom is -0.382 e. The van der Waals surface area contributed by atoms with Gasteiger partial charge in [-0.25, -0.2) is 14.3 Å². The van der Waals surface area contributed by atoms with E-state index in [4.69, 9.17) is 14.3 Å². The molecule has 1 amide bonds. The quantitative estimate of drug-likeness (QED) is 0.290. The fraction of sp³-hybridized carbons (Fsp3) is 0.316. The fourth-order valence-corrected chi connectivity index (χ4v) is 2.91. The number of carbonyl (C=O) groups is 1. The second kappa shape index (κ2) is 11.2. The van der Waals surface area contributed by atoms with Crippen molar-refractivity contribution in [3.63, 3.8) is 0 Å². The van der Waals surface area contributed by atoms with Crippen molar-refractivity contribution < 1.29 is 27.9 Å². The molecule has 0 saturated carbocycles. The molecule has 0 aliphatic heterocycles. The smallest absolute Gasteiger partial charge is 0.277 e. The summed E-state index contributed by atoms with van der Waals surface area (Å²) < 4.78 is 38.5. The average Bonchev–Trinajstić information content (AvgIpc) is 2.65. The van der Waals surface area contributed by atoms with Crippen LogP contribution in [0.1, 0.15) is 15.9 Å². The lowest BCUT2D eigenvalue weighted by Crippen LogP contribution is -2.26. The SMILES string of the molecule is COCCOCCONC(=O)c1cc(F)c(F)cc1Nc1ccc(I)cc1C. The second-order valence-corrected chi connectivity index (χ2v) is 7.03. The van der Waals surface area contributed by atoms with Crippen LogP contribution in [0.4, 0.5) is 20.2 Å². The average molecular weight is 506 g/mol. The highest BCUT2D eigenvalue weighted by Crippen LogP contribution is 2.27. The van der Waals surface area contributed by atoms with E-state index >= 15 is 0 Å². The van der Waals surface area contributed by atoms with Crippen molar-refractivity contribution in [1.82, 2.24) is 5.48 Å². The van der Waals surface area contributed by atoms with Crippen LogP contribution in [0.5, 0.6) is 0 Å². The van der Waals surface area contributed by atoms with Gasteiger partial charge in [-0.05, 0) is 59.3 Å². The highest BCUT2D eigenvalue weighted by Gasteiger charge is 2.17. The Labute approximate surface area is 175 Å². The van der Waals surface area contributed by atoms with Crippen molar-refractivity contribution in [3.8, 4) is 0 Å². The number of hydrogen-bond donors (Lipinski definition) is 2. The highest BCUT2D eigenvalue weighted by atomic mass is 127. The molecule has 0 aliphatic carbocycles. The number of ether oxygens (including phenoxy) is 2. The number of rotatable bonds is 10. The van der Waals surface area contributed by atoms with Gasteiger partial charge in [0, 0.05) is 22.4 Å². The molecule has 0 heterocycles. The monoisotopic (exact) mass is 506 g/mol. The summed E-state index contributed by atoms with van der Waals surface area (Å²) in [6.45, 7) is 3.07. The van der Waals surface area contributed by atoms with E-state index in [0.29, 0.717) is 18.9 Å². The van der Waals surface area contributed by atoms with E-state index in [1.165, 1.54) is 0 Å². The lowest BCUT2D eigenvalue weighted by molar-refractivity contribution is -0.00937. The normalized spacial score (nSPS) is 10.8. The molecule has 2 aromatic carbocycles. The second-order valence-electron chi connectivity index (χ2n) is 5.78. The minimum atomic E-state index is -1.13. The van der Waals surface area contributed by atoms with Crippen molar-refractivity contribution in [2.24, 2.45) is 0 Å². The van der Waals surface area contributed by atoms with Gasteiger partial charge in [-0.2, -0.15) is 0 Å². The summed E-state index contributed by atoms with van der Waals surface area (Å²) >= 11 is 2.17. The number of benzene rings is 2. The first-order valence-corrected chi connectivity index (χ1v) is 9.51. The van der Waals surface area contributed by atoms with Gasteiger partial charge in [-0.15, -0.1) is 0 Å². The first kappa shape index (κ1) is 22.5. The standard InChI is InChI=1S/C19H21F2IN2O4/c1-12-9-13(22)3-4-17(12)23-18-11-16(21)15(20)10-14(18)19(25)24-28-8-7-27-6-5-26-2/h3-4,9-11,23H,5-8H2,1-2H3,(H,24,25). The van der Waals surface area contributed by atoms with Crippen LogP contribution in [0.2, 0.25) is 0 Å². The third kappa shape index (κ3) is 6.66. The van der Waals surface area contributed by atoms with E-state index in [-0.39, 0.29) is 24.5 Å². The Morgan fingerprint density at radius 1 is 1.04 bits per heavy atom. The van der Waals surface area contributed by atoms with E-state index < -0.39 is 17.5 Å². The van der Waals surface area contributed by atoms with Crippen LogP contribution in [-0.2, 0) is 14.3 Å². The van der Waals surface area contributed by atoms with E-state index in [1.807, 2.05) is 19.1 Å². The topological polar surface area (TPSA) is 68.8 Å². The van der Waals surface area contributed by atoms with Crippen molar-refractivity contribution in [3.05, 3.63) is 56.7 Å². The van der Waals surface area contributed by atoms with Gasteiger partial charge in [0.15, 0.2) is 11.6 Å². The van der Waals surface area contributed by atoms with Crippen molar-refractivity contribution in [2.75, 3.05) is 38.9 Å². The Kier molecular flexibility index (Phi) is 9.03. The van der Waals surface area contributed by atoms with Crippen LogP contribution in [0.15, 0.2) is 30.3 Å². The molecular formula is C19H21F2IN2O4. The molecule has 2 N–H and O–H groups in total. The number of amides is 1. The van der Waals surface area contributed by atoms with Crippen LogP contribution in [0.3, 0.4) is 0 Å². The molecule has 9 heteroatoms. The molecule has 0 spiro atoms. The van der Waals surface area contributed by atoms with Crippen LogP contribution in [0, 0.1) is 22.1 Å². The Morgan fingerprint density at radius 2 is 1.75 bits per heavy atom. The molecule has 2 rings (SSSR count). The first-order valence-electron chi connectivity index (χ1n) is 8.43. The summed E-state index contributed by atoms with van der Waals surface area (Å²) in [6, 6.07) is 7.36. The summed E-state index contributed by atoms with van der Waals surface area (Å²) in [6.07, 6.45) is 0. The number of hydrogen-bond acceptors (Lipinski definition) is 5. The zero-order valence-corrected chi connectivity index (χ0v) is 17.6. The van der Waals surface area contributed by atoms with E-state index in [1.54, 1.807) is 13.2 Å². The molecule has 0 aromatic heterocycles. The molecule has 0 saturated heterocycles. The molecular weight excluding hydrogens is 485 g/mol. The largest absolute Gasteiger partial charge is 0.382 e. The molecule has 6 nitrogen and oxygen atoms in total. The van der Waals surface area contributed by atoms with E-state index in [2.05, 4.69) is 33.4 Å². The minimum absolute atomic E-state index is 0.0860. The number of anilines is 2. The Morgan fingerprint density at radius 3 is 2.46 bits per heavy atom. The zero-order chi connectivity index (χ0) is 20.5. The maximum atomic E-state index is 13.7. The summed E-state index contributed by atoms with van der Waals surface area (Å²) in [5.74, 6) is -2.89. The maximum absolute atomic E-state index is 13.7. The zero-order valence-electron chi connectivity index (χ0n) is 15.5. The maximum Gasteiger partial charge on any atom is 0.277 e. The predicted molar refractivity (Wildman–Crippen MR) is 110 cm³/mol. The van der Waals surface area contributed by atoms with Crippen LogP contribution < -0.4 is 10.8 Å². The van der Waals surface area contributed by atoms with Crippen LogP contribution >= 0.6 is 22.6 Å². The molecule has 0 aliphatic rings. The van der Waals surface area contributed by atoms with Crippen molar-refractivity contribution in [2.45, 2.75) is 6.92 Å². The van der Waals surface area contributed by atoms with Gasteiger partial charge in [0.25, 0.3) is 5.91 Å². The third-order valence-corrected chi connectivity index (χ3v) is 4.36. The number of carbonyl (C=O) groups excluding carboxylic acids is 1. The van der Waals surface area contributed by atoms with Crippen molar-refractivity contribution >= 4 is 39.9 Å². The number of aryl methyl sites for hydroxylation is 1. The lowest BCUT2D eigenvalue weighted by Gasteiger charge is -2.15. The Hall–Kier alpha value is -1.82. The van der Waals surface area contributed by atoms with Gasteiger partial charge in [0.1, 0.15) is 0 Å². The summed E-state index contributed by atoms with van der Waals surface area (Å²) in [4.78, 5) is 17.4. The number of nitrogens with one attached hydrogen (secondary N) is 2. The molecule has 2 aromatic rings. The first-order chi connectivity index (χ1) is 13.4. The van der Waals surface area contributed by atoms with Crippen LogP contribution in [-0.4, -0.2) is 39.4 Å². The van der Waals surface area contributed by atoms with Crippen molar-refractivity contribution in [1.29, 1.82) is 0 Å². The summed E-state index contributed by atoms with van der Waals surface area (Å²) in [5, 5.41) is 2.98. The molecule has 152 valence electrons. The number of methoxy groups -OCH3 is 1. The molecule has 0 unspecified atom stereocenters. The van der Waals surface area contributed by atoms with Crippen LogP contribution in [0.25, 0.3) is 0 Å². The van der Waals surface area contributed by atoms with Gasteiger partial charge < -0.3 is 14.8 Å². The predicted octanol–water partition coefficient (Wildman–Crippen LogP) is 3.95. The Balaban J connectivity index is 2.06. The molecule has 28 heavy (non-hydrogen) atoms. The molecule has 0 bridgehead atoms. The lowest BCUT2D eigenvalue weighted by atomic mass is 10.1. The van der Waals surface area contributed by atoms with Gasteiger partial charge >= 0.3 is 0 Å². The molecule has 0 fully saturated rings. The highest BCUT2D eigenvalue weighted by molar-refractivity contribution is 14.1. The van der Waals surface area contributed by atoms with E-state index in [9.17, 15) is 13.6 Å². The van der Waals surface area contributed by atoms with Gasteiger partial charge in [0.05, 0.1) is 37.7 Å². The Bertz CT molecular complexity index is 821. The van der Waals surface area contributed by atoms with Gasteiger partial charge in [-0.1, -0.05) is 0 Å². The fourth-order valence-electron chi connectivity index (χ4n) is 2.27. The number of halogens is 3.